The molecule has 0 bridgehead atoms. The van der Waals surface area contributed by atoms with Crippen molar-refractivity contribution in [3.05, 3.63) is 65.2 Å². The summed E-state index contributed by atoms with van der Waals surface area (Å²) in [6.07, 6.45) is 3.95. The van der Waals surface area contributed by atoms with Crippen LogP contribution in [0.25, 0.3) is 0 Å². The van der Waals surface area contributed by atoms with Gasteiger partial charge in [-0.15, -0.1) is 0 Å². The van der Waals surface area contributed by atoms with Crippen molar-refractivity contribution in [1.29, 1.82) is 0 Å². The Morgan fingerprint density at radius 1 is 0.923 bits per heavy atom. The van der Waals surface area contributed by atoms with Gasteiger partial charge in [-0.05, 0) is 42.8 Å². The molecular weight excluding hydrogens is 332 g/mol. The average molecular weight is 354 g/mol. The number of ketones is 1. The molecule has 0 heterocycles. The van der Waals surface area contributed by atoms with E-state index in [-0.39, 0.29) is 12.4 Å². The Morgan fingerprint density at radius 2 is 1.58 bits per heavy atom. The molecule has 0 aromatic heterocycles. The molecule has 2 rings (SSSR count). The SMILES string of the molecule is CCCCCOc1ccc(C(=O)COC(=O)c2ccc(C=O)cc2)cc1. The van der Waals surface area contributed by atoms with E-state index in [1.165, 1.54) is 24.3 Å². The van der Waals surface area contributed by atoms with Crippen LogP contribution in [0.4, 0.5) is 0 Å². The van der Waals surface area contributed by atoms with Gasteiger partial charge in [0.15, 0.2) is 12.4 Å². The quantitative estimate of drug-likeness (QED) is 0.278. The zero-order valence-corrected chi connectivity index (χ0v) is 14.8. The molecule has 136 valence electrons. The molecule has 5 nitrogen and oxygen atoms in total. The van der Waals surface area contributed by atoms with E-state index < -0.39 is 5.97 Å². The van der Waals surface area contributed by atoms with Crippen molar-refractivity contribution < 1.29 is 23.9 Å². The van der Waals surface area contributed by atoms with Gasteiger partial charge in [0, 0.05) is 11.1 Å². The highest BCUT2D eigenvalue weighted by molar-refractivity contribution is 5.99. The lowest BCUT2D eigenvalue weighted by atomic mass is 10.1. The average Bonchev–Trinajstić information content (AvgIpc) is 2.69. The minimum atomic E-state index is -0.605. The molecule has 26 heavy (non-hydrogen) atoms. The van der Waals surface area contributed by atoms with Crippen molar-refractivity contribution in [2.24, 2.45) is 0 Å². The molecule has 0 fully saturated rings. The second kappa shape index (κ2) is 10.1. The number of carbonyl (C=O) groups excluding carboxylic acids is 3. The Morgan fingerprint density at radius 3 is 2.19 bits per heavy atom. The summed E-state index contributed by atoms with van der Waals surface area (Å²) in [5.74, 6) is -0.183. The number of Topliss-reactive ketones (excluding diaryl/α,β-unsaturated/α-hetero) is 1. The maximum absolute atomic E-state index is 12.1. The van der Waals surface area contributed by atoms with E-state index in [9.17, 15) is 14.4 Å². The highest BCUT2D eigenvalue weighted by Gasteiger charge is 2.12. The van der Waals surface area contributed by atoms with E-state index >= 15 is 0 Å². The fraction of sp³-hybridized carbons (Fsp3) is 0.286. The van der Waals surface area contributed by atoms with Crippen LogP contribution in [0.3, 0.4) is 0 Å². The van der Waals surface area contributed by atoms with Crippen LogP contribution < -0.4 is 4.74 Å². The smallest absolute Gasteiger partial charge is 0.338 e. The normalized spacial score (nSPS) is 10.2. The summed E-state index contributed by atoms with van der Waals surface area (Å²) in [7, 11) is 0. The largest absolute Gasteiger partial charge is 0.494 e. The highest BCUT2D eigenvalue weighted by atomic mass is 16.5. The van der Waals surface area contributed by atoms with Gasteiger partial charge in [0.05, 0.1) is 12.2 Å². The molecule has 0 aliphatic heterocycles. The summed E-state index contributed by atoms with van der Waals surface area (Å²) in [6.45, 7) is 2.44. The zero-order chi connectivity index (χ0) is 18.8. The zero-order valence-electron chi connectivity index (χ0n) is 14.8. The van der Waals surface area contributed by atoms with Gasteiger partial charge in [-0.3, -0.25) is 9.59 Å². The molecule has 0 saturated heterocycles. The highest BCUT2D eigenvalue weighted by Crippen LogP contribution is 2.14. The monoisotopic (exact) mass is 354 g/mol. The van der Waals surface area contributed by atoms with Crippen molar-refractivity contribution in [3.63, 3.8) is 0 Å². The number of unbranched alkanes of at least 4 members (excludes halogenated alkanes) is 2. The summed E-state index contributed by atoms with van der Waals surface area (Å²) in [4.78, 5) is 34.7. The van der Waals surface area contributed by atoms with E-state index in [1.807, 2.05) is 0 Å². The van der Waals surface area contributed by atoms with Gasteiger partial charge in [-0.2, -0.15) is 0 Å². The fourth-order valence-electron chi connectivity index (χ4n) is 2.27. The number of rotatable bonds is 10. The third-order valence-corrected chi connectivity index (χ3v) is 3.81. The minimum Gasteiger partial charge on any atom is -0.494 e. The summed E-state index contributed by atoms with van der Waals surface area (Å²) >= 11 is 0. The molecule has 0 radical (unpaired) electrons. The molecule has 2 aromatic rings. The van der Waals surface area contributed by atoms with Gasteiger partial charge in [-0.25, -0.2) is 4.79 Å². The van der Waals surface area contributed by atoms with Gasteiger partial charge in [0.25, 0.3) is 0 Å². The predicted molar refractivity (Wildman–Crippen MR) is 97.9 cm³/mol. The van der Waals surface area contributed by atoms with Crippen LogP contribution in [0.1, 0.15) is 57.3 Å². The van der Waals surface area contributed by atoms with Crippen LogP contribution >= 0.6 is 0 Å². The van der Waals surface area contributed by atoms with E-state index in [0.717, 1.165) is 19.3 Å². The molecule has 0 amide bonds. The Hall–Kier alpha value is -2.95. The topological polar surface area (TPSA) is 69.7 Å². The molecular formula is C21H22O5. The first-order valence-electron chi connectivity index (χ1n) is 8.62. The van der Waals surface area contributed by atoms with Gasteiger partial charge in [0.1, 0.15) is 12.0 Å². The van der Waals surface area contributed by atoms with Crippen molar-refractivity contribution in [1.82, 2.24) is 0 Å². The molecule has 2 aromatic carbocycles. The minimum absolute atomic E-state index is 0.291. The second-order valence-corrected chi connectivity index (χ2v) is 5.82. The first kappa shape index (κ1) is 19.4. The standard InChI is InChI=1S/C21H22O5/c1-2-3-4-13-25-19-11-9-17(10-12-19)20(23)15-26-21(24)18-7-5-16(14-22)6-8-18/h5-12,14H,2-4,13,15H2,1H3. The molecule has 0 spiro atoms. The van der Waals surface area contributed by atoms with Crippen LogP contribution in [-0.2, 0) is 4.74 Å². The van der Waals surface area contributed by atoms with Crippen LogP contribution in [-0.4, -0.2) is 31.3 Å². The number of carbonyl (C=O) groups is 3. The molecule has 0 aliphatic rings. The third kappa shape index (κ3) is 5.84. The summed E-state index contributed by atoms with van der Waals surface area (Å²) in [5, 5.41) is 0. The van der Waals surface area contributed by atoms with E-state index in [4.69, 9.17) is 9.47 Å². The summed E-state index contributed by atoms with van der Waals surface area (Å²) in [6, 6.07) is 12.8. The molecule has 0 N–H and O–H groups in total. The van der Waals surface area contributed by atoms with Crippen LogP contribution in [0.2, 0.25) is 0 Å². The molecule has 5 heteroatoms. The second-order valence-electron chi connectivity index (χ2n) is 5.82. The number of aldehydes is 1. The molecule has 0 saturated carbocycles. The van der Waals surface area contributed by atoms with E-state index in [1.54, 1.807) is 24.3 Å². The molecule has 0 atom stereocenters. The van der Waals surface area contributed by atoms with Crippen LogP contribution in [0.15, 0.2) is 48.5 Å². The summed E-state index contributed by atoms with van der Waals surface area (Å²) in [5.41, 5.74) is 1.21. The first-order chi connectivity index (χ1) is 12.6. The number of esters is 1. The lowest BCUT2D eigenvalue weighted by Crippen LogP contribution is -2.14. The number of benzene rings is 2. The molecule has 0 unspecified atom stereocenters. The van der Waals surface area contributed by atoms with Crippen molar-refractivity contribution in [2.75, 3.05) is 13.2 Å². The van der Waals surface area contributed by atoms with Gasteiger partial charge in [-0.1, -0.05) is 31.9 Å². The van der Waals surface area contributed by atoms with E-state index in [2.05, 4.69) is 6.92 Å². The number of ether oxygens (including phenoxy) is 2. The Balaban J connectivity index is 1.83. The number of hydrogen-bond acceptors (Lipinski definition) is 5. The van der Waals surface area contributed by atoms with Crippen molar-refractivity contribution in [2.45, 2.75) is 26.2 Å². The Labute approximate surface area is 152 Å². The molecule has 0 aliphatic carbocycles. The van der Waals surface area contributed by atoms with Gasteiger partial charge >= 0.3 is 5.97 Å². The first-order valence-corrected chi connectivity index (χ1v) is 8.62. The number of hydrogen-bond donors (Lipinski definition) is 0. The van der Waals surface area contributed by atoms with Crippen LogP contribution in [0, 0.1) is 0 Å². The van der Waals surface area contributed by atoms with Gasteiger partial charge in [0.2, 0.25) is 0 Å². The van der Waals surface area contributed by atoms with Crippen LogP contribution in [0.5, 0.6) is 5.75 Å². The maximum atomic E-state index is 12.1. The van der Waals surface area contributed by atoms with E-state index in [0.29, 0.717) is 35.3 Å². The fourth-order valence-corrected chi connectivity index (χ4v) is 2.27. The lowest BCUT2D eigenvalue weighted by Gasteiger charge is -2.07. The maximum Gasteiger partial charge on any atom is 0.338 e. The third-order valence-electron chi connectivity index (χ3n) is 3.81. The van der Waals surface area contributed by atoms with Crippen molar-refractivity contribution in [3.8, 4) is 5.75 Å². The predicted octanol–water partition coefficient (Wildman–Crippen LogP) is 4.11. The Bertz CT molecular complexity index is 732. The van der Waals surface area contributed by atoms with Gasteiger partial charge < -0.3 is 9.47 Å². The van der Waals surface area contributed by atoms with Crippen molar-refractivity contribution >= 4 is 18.0 Å². The summed E-state index contributed by atoms with van der Waals surface area (Å²) < 4.78 is 10.6. The lowest BCUT2D eigenvalue weighted by molar-refractivity contribution is 0.0474. The Kier molecular flexibility index (Phi) is 7.55.